The summed E-state index contributed by atoms with van der Waals surface area (Å²) in [5.74, 6) is 1.40. The highest BCUT2D eigenvalue weighted by molar-refractivity contribution is 5.35. The van der Waals surface area contributed by atoms with E-state index >= 15 is 0 Å². The molecular weight excluding hydrogens is 321 g/mol. The topological polar surface area (TPSA) is 52.0 Å². The lowest BCUT2D eigenvalue weighted by Crippen LogP contribution is -2.24. The van der Waals surface area contributed by atoms with Crippen molar-refractivity contribution in [2.45, 2.75) is 38.0 Å². The second-order valence-corrected chi connectivity index (χ2v) is 5.80. The number of hydrogen-bond donors (Lipinski definition) is 1. The van der Waals surface area contributed by atoms with Crippen LogP contribution in [0.2, 0.25) is 0 Å². The van der Waals surface area contributed by atoms with E-state index in [9.17, 15) is 13.2 Å². The van der Waals surface area contributed by atoms with E-state index in [1.54, 1.807) is 7.11 Å². The van der Waals surface area contributed by atoms with Crippen LogP contribution >= 0.6 is 0 Å². The minimum Gasteiger partial charge on any atom is -0.496 e. The van der Waals surface area contributed by atoms with Gasteiger partial charge in [-0.3, -0.25) is 0 Å². The number of alkyl halides is 3. The van der Waals surface area contributed by atoms with Crippen molar-refractivity contribution in [1.82, 2.24) is 20.1 Å². The molecule has 2 aromatic rings. The number of aromatic nitrogens is 3. The van der Waals surface area contributed by atoms with Crippen LogP contribution in [0.1, 0.15) is 36.1 Å². The van der Waals surface area contributed by atoms with Crippen LogP contribution in [-0.2, 0) is 13.0 Å². The van der Waals surface area contributed by atoms with Crippen molar-refractivity contribution >= 4 is 0 Å². The Morgan fingerprint density at radius 2 is 2.12 bits per heavy atom. The lowest BCUT2D eigenvalue weighted by atomic mass is 10.1. The fraction of sp³-hybridized carbons (Fsp3) is 0.500. The van der Waals surface area contributed by atoms with Gasteiger partial charge in [0.05, 0.1) is 13.2 Å². The SMILES string of the molecule is COc1ccccc1Cc1nc([C@H]2CCCN2)n(CC(F)(F)F)n1. The Labute approximate surface area is 137 Å². The minimum atomic E-state index is -4.33. The molecule has 1 atom stereocenters. The molecule has 0 saturated carbocycles. The van der Waals surface area contributed by atoms with E-state index in [1.165, 1.54) is 0 Å². The number of nitrogens with one attached hydrogen (secondary N) is 1. The Kier molecular flexibility index (Phi) is 4.75. The molecule has 0 amide bonds. The zero-order chi connectivity index (χ0) is 17.2. The molecule has 0 radical (unpaired) electrons. The fourth-order valence-corrected chi connectivity index (χ4v) is 2.95. The first-order valence-corrected chi connectivity index (χ1v) is 7.82. The fourth-order valence-electron chi connectivity index (χ4n) is 2.95. The van der Waals surface area contributed by atoms with Crippen molar-refractivity contribution < 1.29 is 17.9 Å². The highest BCUT2D eigenvalue weighted by atomic mass is 19.4. The minimum absolute atomic E-state index is 0.175. The Bertz CT molecular complexity index is 693. The van der Waals surface area contributed by atoms with Crippen LogP contribution in [-0.4, -0.2) is 34.6 Å². The lowest BCUT2D eigenvalue weighted by Gasteiger charge is -2.12. The molecule has 1 aromatic heterocycles. The third kappa shape index (κ3) is 3.87. The molecular formula is C16H19F3N4O. The molecule has 3 rings (SSSR count). The number of benzene rings is 1. The molecule has 1 N–H and O–H groups in total. The van der Waals surface area contributed by atoms with Crippen LogP contribution in [0.4, 0.5) is 13.2 Å². The summed E-state index contributed by atoms with van der Waals surface area (Å²) in [6.07, 6.45) is -2.31. The number of hydrogen-bond acceptors (Lipinski definition) is 4. The molecule has 0 unspecified atom stereocenters. The highest BCUT2D eigenvalue weighted by Crippen LogP contribution is 2.26. The van der Waals surface area contributed by atoms with Crippen molar-refractivity contribution in [3.05, 3.63) is 41.5 Å². The number of halogens is 3. The molecule has 1 aliphatic heterocycles. The van der Waals surface area contributed by atoms with E-state index in [4.69, 9.17) is 4.74 Å². The quantitative estimate of drug-likeness (QED) is 0.909. The molecule has 130 valence electrons. The van der Waals surface area contributed by atoms with Gasteiger partial charge in [0.25, 0.3) is 0 Å². The Morgan fingerprint density at radius 1 is 1.33 bits per heavy atom. The Morgan fingerprint density at radius 3 is 2.79 bits per heavy atom. The van der Waals surface area contributed by atoms with E-state index < -0.39 is 12.7 Å². The van der Waals surface area contributed by atoms with Crippen LogP contribution < -0.4 is 10.1 Å². The number of ether oxygens (including phenoxy) is 1. The van der Waals surface area contributed by atoms with Crippen LogP contribution in [0.25, 0.3) is 0 Å². The maximum absolute atomic E-state index is 12.8. The van der Waals surface area contributed by atoms with Crippen molar-refractivity contribution in [1.29, 1.82) is 0 Å². The summed E-state index contributed by atoms with van der Waals surface area (Å²) in [4.78, 5) is 4.38. The van der Waals surface area contributed by atoms with Crippen molar-refractivity contribution in [2.75, 3.05) is 13.7 Å². The molecule has 0 bridgehead atoms. The first kappa shape index (κ1) is 16.8. The van der Waals surface area contributed by atoms with Gasteiger partial charge in [-0.05, 0) is 25.5 Å². The molecule has 1 saturated heterocycles. The first-order valence-electron chi connectivity index (χ1n) is 7.82. The summed E-state index contributed by atoms with van der Waals surface area (Å²) in [7, 11) is 1.56. The van der Waals surface area contributed by atoms with E-state index in [2.05, 4.69) is 15.4 Å². The maximum atomic E-state index is 12.8. The predicted molar refractivity (Wildman–Crippen MR) is 81.9 cm³/mol. The average Bonchev–Trinajstić information content (AvgIpc) is 3.16. The van der Waals surface area contributed by atoms with Gasteiger partial charge in [0.15, 0.2) is 5.82 Å². The summed E-state index contributed by atoms with van der Waals surface area (Å²) in [6, 6.07) is 7.18. The average molecular weight is 340 g/mol. The highest BCUT2D eigenvalue weighted by Gasteiger charge is 2.32. The first-order chi connectivity index (χ1) is 11.5. The van der Waals surface area contributed by atoms with Crippen LogP contribution in [0.3, 0.4) is 0 Å². The van der Waals surface area contributed by atoms with Gasteiger partial charge in [-0.25, -0.2) is 9.67 Å². The molecule has 24 heavy (non-hydrogen) atoms. The normalized spacial score (nSPS) is 18.1. The number of nitrogens with zero attached hydrogens (tertiary/aromatic N) is 3. The van der Waals surface area contributed by atoms with Gasteiger partial charge in [-0.1, -0.05) is 18.2 Å². The molecule has 1 aliphatic rings. The zero-order valence-corrected chi connectivity index (χ0v) is 13.3. The smallest absolute Gasteiger partial charge is 0.408 e. The predicted octanol–water partition coefficient (Wildman–Crippen LogP) is 2.86. The van der Waals surface area contributed by atoms with E-state index in [0.717, 1.165) is 29.6 Å². The zero-order valence-electron chi connectivity index (χ0n) is 13.3. The van der Waals surface area contributed by atoms with E-state index in [0.29, 0.717) is 23.8 Å². The van der Waals surface area contributed by atoms with Gasteiger partial charge in [0, 0.05) is 12.0 Å². The molecule has 8 heteroatoms. The molecule has 2 heterocycles. The van der Waals surface area contributed by atoms with E-state index in [1.807, 2.05) is 24.3 Å². The van der Waals surface area contributed by atoms with Crippen LogP contribution in [0.5, 0.6) is 5.75 Å². The molecule has 1 fully saturated rings. The largest absolute Gasteiger partial charge is 0.496 e. The van der Waals surface area contributed by atoms with Crippen molar-refractivity contribution in [3.63, 3.8) is 0 Å². The summed E-state index contributed by atoms with van der Waals surface area (Å²) < 4.78 is 44.8. The lowest BCUT2D eigenvalue weighted by molar-refractivity contribution is -0.143. The van der Waals surface area contributed by atoms with Gasteiger partial charge in [0.2, 0.25) is 0 Å². The second-order valence-electron chi connectivity index (χ2n) is 5.80. The molecule has 1 aromatic carbocycles. The third-order valence-electron chi connectivity index (χ3n) is 3.99. The van der Waals surface area contributed by atoms with Gasteiger partial charge in [-0.2, -0.15) is 18.3 Å². The van der Waals surface area contributed by atoms with Crippen LogP contribution in [0.15, 0.2) is 24.3 Å². The van der Waals surface area contributed by atoms with E-state index in [-0.39, 0.29) is 6.04 Å². The molecule has 0 spiro atoms. The Hall–Kier alpha value is -2.09. The van der Waals surface area contributed by atoms with Crippen molar-refractivity contribution in [3.8, 4) is 5.75 Å². The summed E-state index contributed by atoms with van der Waals surface area (Å²) in [5, 5.41) is 7.28. The number of methoxy groups -OCH3 is 1. The van der Waals surface area contributed by atoms with Gasteiger partial charge < -0.3 is 10.1 Å². The second kappa shape index (κ2) is 6.80. The van der Waals surface area contributed by atoms with Crippen LogP contribution in [0, 0.1) is 0 Å². The number of para-hydroxylation sites is 1. The third-order valence-corrected chi connectivity index (χ3v) is 3.99. The van der Waals surface area contributed by atoms with Gasteiger partial charge >= 0.3 is 6.18 Å². The molecule has 0 aliphatic carbocycles. The summed E-state index contributed by atoms with van der Waals surface area (Å²) >= 11 is 0. The monoisotopic (exact) mass is 340 g/mol. The standard InChI is InChI=1S/C16H19F3N4O/c1-24-13-7-3-2-5-11(13)9-14-21-15(12-6-4-8-20-12)23(22-14)10-16(17,18)19/h2-3,5,7,12,20H,4,6,8-10H2,1H3/t12-/m1/s1. The number of rotatable bonds is 5. The van der Waals surface area contributed by atoms with Gasteiger partial charge in [-0.15, -0.1) is 0 Å². The molecule has 5 nitrogen and oxygen atoms in total. The summed E-state index contributed by atoms with van der Waals surface area (Å²) in [5.41, 5.74) is 0.843. The van der Waals surface area contributed by atoms with Crippen molar-refractivity contribution in [2.24, 2.45) is 0 Å². The summed E-state index contributed by atoms with van der Waals surface area (Å²) in [6.45, 7) is -0.342. The van der Waals surface area contributed by atoms with Gasteiger partial charge in [0.1, 0.15) is 18.1 Å². The Balaban J connectivity index is 1.89. The maximum Gasteiger partial charge on any atom is 0.408 e.